The number of anilines is 1. The molecule has 0 bridgehead atoms. The fraction of sp³-hybridized carbons (Fsp3) is 0.150. The van der Waals surface area contributed by atoms with Crippen LogP contribution in [0.25, 0.3) is 11.4 Å². The Hall–Kier alpha value is -3.19. The topological polar surface area (TPSA) is 73.2 Å². The number of methoxy groups -OCH3 is 1. The summed E-state index contributed by atoms with van der Waals surface area (Å²) in [6.45, 7) is 1.40. The molecule has 0 atom stereocenters. The molecule has 1 aromatic heterocycles. The highest BCUT2D eigenvalue weighted by atomic mass is 35.5. The van der Waals surface area contributed by atoms with Gasteiger partial charge in [0.15, 0.2) is 11.6 Å². The van der Waals surface area contributed by atoms with Gasteiger partial charge in [0.1, 0.15) is 12.4 Å². The molecule has 0 spiro atoms. The number of halogens is 2. The molecule has 3 rings (SSSR count). The van der Waals surface area contributed by atoms with E-state index >= 15 is 0 Å². The normalized spacial score (nSPS) is 10.6. The largest absolute Gasteiger partial charge is 0.494 e. The maximum Gasteiger partial charge on any atom is 0.254 e. The van der Waals surface area contributed by atoms with Crippen molar-refractivity contribution in [2.75, 3.05) is 12.4 Å². The number of aromatic nitrogens is 2. The second kappa shape index (κ2) is 8.22. The maximum absolute atomic E-state index is 13.8. The third kappa shape index (κ3) is 4.37. The molecule has 1 N–H and O–H groups in total. The fourth-order valence-corrected chi connectivity index (χ4v) is 2.90. The number of nitrogens with zero attached hydrogens (tertiary/aromatic N) is 2. The molecule has 0 fully saturated rings. The van der Waals surface area contributed by atoms with Gasteiger partial charge in [0, 0.05) is 34.1 Å². The fourth-order valence-electron chi connectivity index (χ4n) is 2.71. The minimum absolute atomic E-state index is 0.0696. The van der Waals surface area contributed by atoms with E-state index in [2.05, 4.69) is 10.3 Å². The molecule has 28 heavy (non-hydrogen) atoms. The van der Waals surface area contributed by atoms with E-state index in [0.29, 0.717) is 22.1 Å². The lowest BCUT2D eigenvalue weighted by Gasteiger charge is -2.13. The molecule has 0 aliphatic rings. The summed E-state index contributed by atoms with van der Waals surface area (Å²) in [7, 11) is 1.35. The van der Waals surface area contributed by atoms with Crippen molar-refractivity contribution in [2.45, 2.75) is 13.5 Å². The monoisotopic (exact) mass is 401 g/mol. The number of nitrogens with one attached hydrogen (secondary N) is 1. The predicted octanol–water partition coefficient (Wildman–Crippen LogP) is 3.66. The number of hydrogen-bond donors (Lipinski definition) is 1. The summed E-state index contributed by atoms with van der Waals surface area (Å²) in [4.78, 5) is 29.3. The van der Waals surface area contributed by atoms with Gasteiger partial charge in [0.25, 0.3) is 5.56 Å². The number of ether oxygens (including phenoxy) is 1. The van der Waals surface area contributed by atoms with Crippen molar-refractivity contribution in [3.05, 3.63) is 75.4 Å². The summed E-state index contributed by atoms with van der Waals surface area (Å²) in [6, 6.07) is 12.2. The molecule has 0 saturated carbocycles. The van der Waals surface area contributed by atoms with Crippen LogP contribution in [-0.2, 0) is 11.3 Å². The van der Waals surface area contributed by atoms with Gasteiger partial charge in [-0.1, -0.05) is 23.7 Å². The summed E-state index contributed by atoms with van der Waals surface area (Å²) in [6.07, 6.45) is 0. The molecule has 0 unspecified atom stereocenters. The first-order chi connectivity index (χ1) is 13.4. The standard InChI is InChI=1S/C20H17ClFN3O3/c1-12-8-19(27)25(20(23-12)13-4-3-5-14(21)9-13)11-18(26)24-15-6-7-17(28-2)16(22)10-15/h3-10H,11H2,1-2H3,(H,24,26). The zero-order chi connectivity index (χ0) is 20.3. The first-order valence-corrected chi connectivity index (χ1v) is 8.73. The average molecular weight is 402 g/mol. The molecule has 0 aliphatic heterocycles. The van der Waals surface area contributed by atoms with Crippen LogP contribution in [0.5, 0.6) is 5.75 Å². The number of aryl methyl sites for hydroxylation is 1. The zero-order valence-corrected chi connectivity index (χ0v) is 16.0. The molecule has 0 radical (unpaired) electrons. The van der Waals surface area contributed by atoms with Gasteiger partial charge in [0.2, 0.25) is 5.91 Å². The zero-order valence-electron chi connectivity index (χ0n) is 15.2. The molecule has 2 aromatic carbocycles. The van der Waals surface area contributed by atoms with Crippen molar-refractivity contribution in [2.24, 2.45) is 0 Å². The van der Waals surface area contributed by atoms with Crippen LogP contribution >= 0.6 is 11.6 Å². The predicted molar refractivity (Wildman–Crippen MR) is 105 cm³/mol. The lowest BCUT2D eigenvalue weighted by atomic mass is 10.2. The van der Waals surface area contributed by atoms with Crippen molar-refractivity contribution in [1.82, 2.24) is 9.55 Å². The van der Waals surface area contributed by atoms with E-state index < -0.39 is 11.7 Å². The number of carbonyl (C=O) groups is 1. The minimum atomic E-state index is -0.603. The SMILES string of the molecule is COc1ccc(NC(=O)Cn2c(-c3cccc(Cl)c3)nc(C)cc2=O)cc1F. The van der Waals surface area contributed by atoms with Gasteiger partial charge in [-0.05, 0) is 31.2 Å². The number of carbonyl (C=O) groups excluding carboxylic acids is 1. The number of rotatable bonds is 5. The van der Waals surface area contributed by atoms with E-state index in [1.807, 2.05) is 0 Å². The second-order valence-corrected chi connectivity index (χ2v) is 6.49. The van der Waals surface area contributed by atoms with Crippen LogP contribution in [0.4, 0.5) is 10.1 Å². The Labute approximate surface area is 165 Å². The van der Waals surface area contributed by atoms with Gasteiger partial charge in [-0.3, -0.25) is 14.2 Å². The lowest BCUT2D eigenvalue weighted by molar-refractivity contribution is -0.116. The van der Waals surface area contributed by atoms with Crippen LogP contribution in [0.1, 0.15) is 5.69 Å². The third-order valence-corrected chi connectivity index (χ3v) is 4.19. The van der Waals surface area contributed by atoms with Crippen LogP contribution in [0.15, 0.2) is 53.3 Å². The van der Waals surface area contributed by atoms with Gasteiger partial charge in [-0.15, -0.1) is 0 Å². The summed E-state index contributed by atoms with van der Waals surface area (Å²) < 4.78 is 19.9. The van der Waals surface area contributed by atoms with Gasteiger partial charge in [0.05, 0.1) is 7.11 Å². The Bertz CT molecular complexity index is 1100. The quantitative estimate of drug-likeness (QED) is 0.708. The summed E-state index contributed by atoms with van der Waals surface area (Å²) in [5, 5.41) is 3.05. The molecular formula is C20H17ClFN3O3. The number of amides is 1. The van der Waals surface area contributed by atoms with E-state index in [1.54, 1.807) is 31.2 Å². The van der Waals surface area contributed by atoms with Crippen LogP contribution in [-0.4, -0.2) is 22.6 Å². The van der Waals surface area contributed by atoms with Crippen molar-refractivity contribution >= 4 is 23.2 Å². The average Bonchev–Trinajstić information content (AvgIpc) is 2.64. The van der Waals surface area contributed by atoms with Crippen LogP contribution in [0.2, 0.25) is 5.02 Å². The molecule has 0 aliphatic carbocycles. The van der Waals surface area contributed by atoms with Crippen LogP contribution in [0, 0.1) is 12.7 Å². The molecular weight excluding hydrogens is 385 g/mol. The third-order valence-electron chi connectivity index (χ3n) is 3.96. The van der Waals surface area contributed by atoms with E-state index in [-0.39, 0.29) is 23.5 Å². The van der Waals surface area contributed by atoms with Crippen molar-refractivity contribution < 1.29 is 13.9 Å². The molecule has 1 heterocycles. The summed E-state index contributed by atoms with van der Waals surface area (Å²) in [5.74, 6) is -0.710. The molecule has 6 nitrogen and oxygen atoms in total. The van der Waals surface area contributed by atoms with E-state index in [9.17, 15) is 14.0 Å². The maximum atomic E-state index is 13.8. The molecule has 8 heteroatoms. The highest BCUT2D eigenvalue weighted by molar-refractivity contribution is 6.30. The number of hydrogen-bond acceptors (Lipinski definition) is 4. The first kappa shape index (κ1) is 19.6. The minimum Gasteiger partial charge on any atom is -0.494 e. The Morgan fingerprint density at radius 1 is 1.25 bits per heavy atom. The van der Waals surface area contributed by atoms with Crippen LogP contribution < -0.4 is 15.6 Å². The molecule has 3 aromatic rings. The van der Waals surface area contributed by atoms with Crippen molar-refractivity contribution in [3.8, 4) is 17.1 Å². The van der Waals surface area contributed by atoms with E-state index in [1.165, 1.54) is 29.9 Å². The number of benzene rings is 2. The smallest absolute Gasteiger partial charge is 0.254 e. The van der Waals surface area contributed by atoms with Gasteiger partial charge in [-0.25, -0.2) is 9.37 Å². The summed E-state index contributed by atoms with van der Waals surface area (Å²) >= 11 is 6.04. The Morgan fingerprint density at radius 2 is 2.04 bits per heavy atom. The molecule has 144 valence electrons. The Morgan fingerprint density at radius 3 is 2.71 bits per heavy atom. The van der Waals surface area contributed by atoms with Crippen molar-refractivity contribution in [3.63, 3.8) is 0 Å². The lowest BCUT2D eigenvalue weighted by Crippen LogP contribution is -2.29. The Balaban J connectivity index is 1.90. The van der Waals surface area contributed by atoms with Crippen molar-refractivity contribution in [1.29, 1.82) is 0 Å². The highest BCUT2D eigenvalue weighted by Gasteiger charge is 2.14. The van der Waals surface area contributed by atoms with Gasteiger partial charge >= 0.3 is 0 Å². The molecule has 0 saturated heterocycles. The van der Waals surface area contributed by atoms with Gasteiger partial charge < -0.3 is 10.1 Å². The first-order valence-electron chi connectivity index (χ1n) is 8.35. The van der Waals surface area contributed by atoms with Crippen LogP contribution in [0.3, 0.4) is 0 Å². The summed E-state index contributed by atoms with van der Waals surface area (Å²) in [5.41, 5.74) is 1.00. The van der Waals surface area contributed by atoms with E-state index in [4.69, 9.17) is 16.3 Å². The highest BCUT2D eigenvalue weighted by Crippen LogP contribution is 2.22. The Kier molecular flexibility index (Phi) is 5.75. The second-order valence-electron chi connectivity index (χ2n) is 6.05. The molecule has 1 amide bonds. The van der Waals surface area contributed by atoms with E-state index in [0.717, 1.165) is 6.07 Å². The van der Waals surface area contributed by atoms with Gasteiger partial charge in [-0.2, -0.15) is 0 Å².